The van der Waals surface area contributed by atoms with E-state index in [9.17, 15) is 0 Å². The first-order valence-electron chi connectivity index (χ1n) is 19.5. The van der Waals surface area contributed by atoms with Crippen LogP contribution in [0, 0.1) is 6.92 Å². The van der Waals surface area contributed by atoms with Gasteiger partial charge in [-0.25, -0.2) is 0 Å². The lowest BCUT2D eigenvalue weighted by Gasteiger charge is -2.18. The Balaban J connectivity index is 1.10. The van der Waals surface area contributed by atoms with E-state index in [2.05, 4.69) is 177 Å². The van der Waals surface area contributed by atoms with Crippen molar-refractivity contribution in [1.29, 1.82) is 0 Å². The first-order valence-corrected chi connectivity index (χ1v) is 19.5. The molecule has 12 rings (SSSR count). The monoisotopic (exact) mass is 726 g/mol. The van der Waals surface area contributed by atoms with Crippen molar-refractivity contribution in [3.8, 4) is 22.3 Å². The van der Waals surface area contributed by atoms with E-state index in [1.54, 1.807) is 0 Å². The van der Waals surface area contributed by atoms with E-state index in [-0.39, 0.29) is 0 Å². The van der Waals surface area contributed by atoms with Crippen LogP contribution in [0.2, 0.25) is 0 Å². The van der Waals surface area contributed by atoms with Gasteiger partial charge in [0.15, 0.2) is 0 Å². The Morgan fingerprint density at radius 1 is 0.386 bits per heavy atom. The average molecular weight is 727 g/mol. The molecule has 0 aliphatic rings. The number of fused-ring (bicyclic) bond motifs is 12. The summed E-state index contributed by atoms with van der Waals surface area (Å²) in [7, 11) is 0. The molecule has 57 heavy (non-hydrogen) atoms. The normalized spacial score (nSPS) is 12.3. The van der Waals surface area contributed by atoms with Gasteiger partial charge in [0.1, 0.15) is 22.3 Å². The second kappa shape index (κ2) is 12.0. The van der Waals surface area contributed by atoms with Crippen LogP contribution in [-0.2, 0) is 0 Å². The summed E-state index contributed by atoms with van der Waals surface area (Å²) >= 11 is 0. The predicted molar refractivity (Wildman–Crippen MR) is 243 cm³/mol. The van der Waals surface area contributed by atoms with E-state index in [0.29, 0.717) is 0 Å². The lowest BCUT2D eigenvalue weighted by molar-refractivity contribution is 0.669. The van der Waals surface area contributed by atoms with Gasteiger partial charge in [-0.05, 0) is 143 Å². The molecule has 0 radical (unpaired) electrons. The molecule has 2 heteroatoms. The summed E-state index contributed by atoms with van der Waals surface area (Å²) in [5.41, 5.74) is 10.8. The van der Waals surface area contributed by atoms with Gasteiger partial charge in [-0.3, -0.25) is 0 Å². The molecule has 0 N–H and O–H groups in total. The van der Waals surface area contributed by atoms with E-state index >= 15 is 0 Å². The molecule has 0 fully saturated rings. The van der Waals surface area contributed by atoms with Crippen molar-refractivity contribution >= 4 is 104 Å². The molecule has 0 saturated carbocycles. The van der Waals surface area contributed by atoms with Crippen molar-refractivity contribution in [3.05, 3.63) is 188 Å². The lowest BCUT2D eigenvalue weighted by Crippen LogP contribution is -1.91. The minimum atomic E-state index is 0.881. The number of furan rings is 2. The van der Waals surface area contributed by atoms with E-state index in [4.69, 9.17) is 8.83 Å². The van der Waals surface area contributed by atoms with Crippen LogP contribution in [0.25, 0.3) is 126 Å². The van der Waals surface area contributed by atoms with Gasteiger partial charge in [-0.1, -0.05) is 134 Å². The largest absolute Gasteiger partial charge is 0.456 e. The van der Waals surface area contributed by atoms with Gasteiger partial charge < -0.3 is 8.83 Å². The Morgan fingerprint density at radius 2 is 0.860 bits per heavy atom. The molecule has 0 saturated heterocycles. The molecule has 266 valence electrons. The molecule has 0 aliphatic carbocycles. The van der Waals surface area contributed by atoms with Crippen LogP contribution in [0.1, 0.15) is 11.1 Å². The molecule has 0 aliphatic heterocycles. The third-order valence-corrected chi connectivity index (χ3v) is 12.2. The maximum Gasteiger partial charge on any atom is 0.136 e. The van der Waals surface area contributed by atoms with Crippen molar-refractivity contribution in [2.24, 2.45) is 0 Å². The molecular formula is C55H34O2. The highest BCUT2D eigenvalue weighted by Crippen LogP contribution is 2.47. The number of rotatable bonds is 4. The molecule has 0 unspecified atom stereocenters. The molecular weight excluding hydrogens is 693 g/mol. The van der Waals surface area contributed by atoms with Crippen LogP contribution in [0.4, 0.5) is 0 Å². The van der Waals surface area contributed by atoms with Crippen LogP contribution in [0.3, 0.4) is 0 Å². The Hall–Kier alpha value is -7.42. The van der Waals surface area contributed by atoms with Gasteiger partial charge in [0, 0.05) is 21.5 Å². The second-order valence-corrected chi connectivity index (χ2v) is 15.2. The molecule has 0 atom stereocenters. The SMILES string of the molecule is C=C/C=C\c1c(C)c2ccccc2c2cc3c(cc12)oc1ccc(-c2c4ccccc4c(-c4ccc5oc6cc7ccccc7cc6c5c4)c4ccccc24)cc13. The van der Waals surface area contributed by atoms with Crippen LogP contribution in [0.15, 0.2) is 185 Å². The highest BCUT2D eigenvalue weighted by Gasteiger charge is 2.20. The van der Waals surface area contributed by atoms with Gasteiger partial charge in [-0.15, -0.1) is 0 Å². The third-order valence-electron chi connectivity index (χ3n) is 12.2. The van der Waals surface area contributed by atoms with Crippen LogP contribution in [-0.4, -0.2) is 0 Å². The second-order valence-electron chi connectivity index (χ2n) is 15.2. The number of aryl methyl sites for hydroxylation is 1. The van der Waals surface area contributed by atoms with Crippen molar-refractivity contribution in [3.63, 3.8) is 0 Å². The molecule has 10 aromatic carbocycles. The molecule has 2 nitrogen and oxygen atoms in total. The van der Waals surface area contributed by atoms with E-state index in [1.807, 2.05) is 12.2 Å². The lowest BCUT2D eigenvalue weighted by atomic mass is 9.85. The zero-order chi connectivity index (χ0) is 37.8. The number of benzene rings is 10. The zero-order valence-electron chi connectivity index (χ0n) is 31.3. The van der Waals surface area contributed by atoms with Gasteiger partial charge in [0.05, 0.1) is 0 Å². The molecule has 2 aromatic heterocycles. The summed E-state index contributed by atoms with van der Waals surface area (Å²) in [5.74, 6) is 0. The maximum absolute atomic E-state index is 6.65. The van der Waals surface area contributed by atoms with Crippen LogP contribution in [0.5, 0.6) is 0 Å². The van der Waals surface area contributed by atoms with Gasteiger partial charge in [0.2, 0.25) is 0 Å². The zero-order valence-corrected chi connectivity index (χ0v) is 31.3. The summed E-state index contributed by atoms with van der Waals surface area (Å²) in [5, 5.41) is 16.6. The highest BCUT2D eigenvalue weighted by molar-refractivity contribution is 6.24. The van der Waals surface area contributed by atoms with Gasteiger partial charge >= 0.3 is 0 Å². The summed E-state index contributed by atoms with van der Waals surface area (Å²) < 4.78 is 13.1. The van der Waals surface area contributed by atoms with E-state index in [1.165, 1.54) is 81.7 Å². The minimum Gasteiger partial charge on any atom is -0.456 e. The predicted octanol–water partition coefficient (Wildman–Crippen LogP) is 16.1. The highest BCUT2D eigenvalue weighted by atomic mass is 16.3. The van der Waals surface area contributed by atoms with Gasteiger partial charge in [-0.2, -0.15) is 0 Å². The Morgan fingerprint density at radius 3 is 1.44 bits per heavy atom. The van der Waals surface area contributed by atoms with E-state index in [0.717, 1.165) is 49.4 Å². The van der Waals surface area contributed by atoms with Crippen LogP contribution < -0.4 is 0 Å². The molecule has 12 aromatic rings. The molecule has 0 amide bonds. The standard InChI is InChI=1S/C55H34O2/c1-3-4-15-38-32(2)37-16-7-8-17-39(37)44-30-49-47-28-36(23-25-51(47)57-53(49)31-45(38)44)55-42-20-11-9-18-40(42)54(41-19-10-12-21-43(41)55)35-22-24-50-46(27-35)48-26-33-13-5-6-14-34(33)29-52(48)56-50/h3-31H,1H2,2H3/b15-4-. The third kappa shape index (κ3) is 4.65. The van der Waals surface area contributed by atoms with Crippen molar-refractivity contribution in [2.75, 3.05) is 0 Å². The maximum atomic E-state index is 6.65. The summed E-state index contributed by atoms with van der Waals surface area (Å²) in [6, 6.07) is 57.3. The Kier molecular flexibility index (Phi) is 6.73. The van der Waals surface area contributed by atoms with Crippen molar-refractivity contribution < 1.29 is 8.83 Å². The van der Waals surface area contributed by atoms with Gasteiger partial charge in [0.25, 0.3) is 0 Å². The first-order chi connectivity index (χ1) is 28.1. The first kappa shape index (κ1) is 31.9. The quantitative estimate of drug-likeness (QED) is 0.103. The van der Waals surface area contributed by atoms with Crippen molar-refractivity contribution in [1.82, 2.24) is 0 Å². The van der Waals surface area contributed by atoms with Crippen LogP contribution >= 0.6 is 0 Å². The summed E-state index contributed by atoms with van der Waals surface area (Å²) in [6.45, 7) is 6.14. The number of allylic oxidation sites excluding steroid dienone is 2. The fraction of sp³-hybridized carbons (Fsp3) is 0.0182. The fourth-order valence-electron chi connectivity index (χ4n) is 9.56. The average Bonchev–Trinajstić information content (AvgIpc) is 3.80. The summed E-state index contributed by atoms with van der Waals surface area (Å²) in [4.78, 5) is 0. The number of hydrogen-bond acceptors (Lipinski definition) is 2. The van der Waals surface area contributed by atoms with Crippen molar-refractivity contribution in [2.45, 2.75) is 6.92 Å². The molecule has 2 heterocycles. The fourth-order valence-corrected chi connectivity index (χ4v) is 9.56. The Labute approximate surface area is 328 Å². The Bertz CT molecular complexity index is 3660. The van der Waals surface area contributed by atoms with E-state index < -0.39 is 0 Å². The summed E-state index contributed by atoms with van der Waals surface area (Å²) in [6.07, 6.45) is 6.02. The minimum absolute atomic E-state index is 0.881. The molecule has 0 spiro atoms. The molecule has 0 bridgehead atoms. The number of hydrogen-bond donors (Lipinski definition) is 0. The smallest absolute Gasteiger partial charge is 0.136 e. The topological polar surface area (TPSA) is 26.3 Å².